The minimum atomic E-state index is 0.517. The van der Waals surface area contributed by atoms with E-state index in [-0.39, 0.29) is 0 Å². The molecule has 0 fully saturated rings. The van der Waals surface area contributed by atoms with Crippen molar-refractivity contribution < 1.29 is 0 Å². The summed E-state index contributed by atoms with van der Waals surface area (Å²) in [6.45, 7) is 6.21. The highest BCUT2D eigenvalue weighted by Crippen LogP contribution is 2.17. The maximum Gasteiger partial charge on any atom is 0.156 e. The molecule has 2 heterocycles. The normalized spacial score (nSPS) is 10.7. The van der Waals surface area contributed by atoms with Crippen molar-refractivity contribution in [3.8, 4) is 5.82 Å². The van der Waals surface area contributed by atoms with Gasteiger partial charge in [0.1, 0.15) is 5.82 Å². The largest absolute Gasteiger partial charge is 0.384 e. The second-order valence-electron chi connectivity index (χ2n) is 3.84. The van der Waals surface area contributed by atoms with Crippen LogP contribution in [0.15, 0.2) is 18.2 Å². The molecule has 0 aliphatic carbocycles. The molecule has 2 rings (SSSR count). The van der Waals surface area contributed by atoms with Crippen LogP contribution in [-0.2, 0) is 6.42 Å². The molecule has 2 aromatic rings. The molecule has 4 nitrogen and oxygen atoms in total. The molecule has 16 heavy (non-hydrogen) atoms. The number of anilines is 1. The van der Waals surface area contributed by atoms with Crippen LogP contribution in [0.4, 0.5) is 5.82 Å². The molecule has 0 unspecified atom stereocenters. The first kappa shape index (κ1) is 10.7. The lowest BCUT2D eigenvalue weighted by atomic mass is 10.1. The van der Waals surface area contributed by atoms with Crippen LogP contribution >= 0.6 is 0 Å². The Morgan fingerprint density at radius 1 is 1.31 bits per heavy atom. The van der Waals surface area contributed by atoms with Crippen LogP contribution in [0.5, 0.6) is 0 Å². The van der Waals surface area contributed by atoms with Crippen molar-refractivity contribution in [3.63, 3.8) is 0 Å². The quantitative estimate of drug-likeness (QED) is 0.835. The van der Waals surface area contributed by atoms with Crippen molar-refractivity contribution in [1.82, 2.24) is 14.8 Å². The lowest BCUT2D eigenvalue weighted by Gasteiger charge is -2.04. The Labute approximate surface area is 95.1 Å². The molecule has 0 saturated heterocycles. The van der Waals surface area contributed by atoms with Gasteiger partial charge < -0.3 is 5.73 Å². The molecule has 0 atom stereocenters. The van der Waals surface area contributed by atoms with Crippen molar-refractivity contribution in [1.29, 1.82) is 0 Å². The number of rotatable bonds is 2. The van der Waals surface area contributed by atoms with Crippen LogP contribution in [-0.4, -0.2) is 14.8 Å². The summed E-state index contributed by atoms with van der Waals surface area (Å²) in [6, 6.07) is 5.57. The van der Waals surface area contributed by atoms with E-state index in [2.05, 4.69) is 23.9 Å². The predicted molar refractivity (Wildman–Crippen MR) is 64.6 cm³/mol. The summed E-state index contributed by atoms with van der Waals surface area (Å²) in [4.78, 5) is 4.27. The second kappa shape index (κ2) is 3.96. The Bertz CT molecular complexity index is 514. The molecule has 4 heteroatoms. The maximum absolute atomic E-state index is 5.67. The van der Waals surface area contributed by atoms with Gasteiger partial charge in [0.25, 0.3) is 0 Å². The Kier molecular flexibility index (Phi) is 2.64. The smallest absolute Gasteiger partial charge is 0.156 e. The van der Waals surface area contributed by atoms with Crippen molar-refractivity contribution in [3.05, 3.63) is 35.2 Å². The minimum Gasteiger partial charge on any atom is -0.384 e. The van der Waals surface area contributed by atoms with E-state index in [1.807, 2.05) is 23.7 Å². The van der Waals surface area contributed by atoms with Gasteiger partial charge in [0, 0.05) is 5.69 Å². The van der Waals surface area contributed by atoms with Crippen LogP contribution in [0.25, 0.3) is 5.82 Å². The molecule has 0 aliphatic rings. The zero-order chi connectivity index (χ0) is 11.7. The molecule has 0 aliphatic heterocycles. The summed E-state index contributed by atoms with van der Waals surface area (Å²) < 4.78 is 1.85. The van der Waals surface area contributed by atoms with E-state index in [0.29, 0.717) is 5.82 Å². The van der Waals surface area contributed by atoms with E-state index >= 15 is 0 Å². The van der Waals surface area contributed by atoms with Gasteiger partial charge in [-0.1, -0.05) is 13.0 Å². The molecule has 0 radical (unpaired) electrons. The molecular formula is C12H16N4. The van der Waals surface area contributed by atoms with Gasteiger partial charge in [0.15, 0.2) is 5.82 Å². The monoisotopic (exact) mass is 216 g/mol. The summed E-state index contributed by atoms with van der Waals surface area (Å²) >= 11 is 0. The van der Waals surface area contributed by atoms with Crippen LogP contribution in [0.3, 0.4) is 0 Å². The van der Waals surface area contributed by atoms with Crippen molar-refractivity contribution in [2.24, 2.45) is 0 Å². The number of hydrogen-bond acceptors (Lipinski definition) is 3. The lowest BCUT2D eigenvalue weighted by molar-refractivity contribution is 0.806. The zero-order valence-corrected chi connectivity index (χ0v) is 9.86. The number of aryl methyl sites for hydroxylation is 1. The molecule has 0 bridgehead atoms. The highest BCUT2D eigenvalue weighted by molar-refractivity contribution is 5.38. The summed E-state index contributed by atoms with van der Waals surface area (Å²) in [5, 5.41) is 4.49. The number of nitrogen functional groups attached to an aromatic ring is 1. The molecule has 0 spiro atoms. The fourth-order valence-electron chi connectivity index (χ4n) is 1.97. The van der Waals surface area contributed by atoms with Gasteiger partial charge in [0.2, 0.25) is 0 Å². The number of hydrogen-bond donors (Lipinski definition) is 1. The highest BCUT2D eigenvalue weighted by atomic mass is 15.3. The van der Waals surface area contributed by atoms with Crippen molar-refractivity contribution in [2.75, 3.05) is 5.73 Å². The first-order chi connectivity index (χ1) is 7.63. The third-order valence-corrected chi connectivity index (χ3v) is 2.77. The van der Waals surface area contributed by atoms with Crippen LogP contribution in [0.1, 0.15) is 23.9 Å². The summed E-state index contributed by atoms with van der Waals surface area (Å²) in [7, 11) is 0. The molecule has 2 N–H and O–H groups in total. The van der Waals surface area contributed by atoms with Crippen molar-refractivity contribution >= 4 is 5.82 Å². The van der Waals surface area contributed by atoms with Gasteiger partial charge in [-0.25, -0.2) is 9.67 Å². The van der Waals surface area contributed by atoms with Crippen LogP contribution in [0, 0.1) is 13.8 Å². The second-order valence-corrected chi connectivity index (χ2v) is 3.84. The highest BCUT2D eigenvalue weighted by Gasteiger charge is 2.11. The van der Waals surface area contributed by atoms with Crippen LogP contribution in [0.2, 0.25) is 0 Å². The van der Waals surface area contributed by atoms with E-state index in [1.54, 1.807) is 6.07 Å². The van der Waals surface area contributed by atoms with E-state index in [0.717, 1.165) is 23.6 Å². The van der Waals surface area contributed by atoms with E-state index in [4.69, 9.17) is 5.73 Å². The molecule has 0 saturated carbocycles. The molecule has 0 aromatic carbocycles. The van der Waals surface area contributed by atoms with E-state index in [9.17, 15) is 0 Å². The number of pyridine rings is 1. The Balaban J connectivity index is 2.56. The summed E-state index contributed by atoms with van der Waals surface area (Å²) in [6.07, 6.45) is 0.986. The van der Waals surface area contributed by atoms with Gasteiger partial charge in [-0.3, -0.25) is 0 Å². The number of nitrogens with two attached hydrogens (primary N) is 1. The number of aromatic nitrogens is 3. The number of nitrogens with zero attached hydrogens (tertiary/aromatic N) is 3. The first-order valence-corrected chi connectivity index (χ1v) is 5.41. The molecule has 2 aromatic heterocycles. The lowest BCUT2D eigenvalue weighted by Crippen LogP contribution is -2.03. The Morgan fingerprint density at radius 3 is 2.62 bits per heavy atom. The third kappa shape index (κ3) is 1.66. The molecular weight excluding hydrogens is 200 g/mol. The van der Waals surface area contributed by atoms with E-state index < -0.39 is 0 Å². The molecule has 84 valence electrons. The van der Waals surface area contributed by atoms with Gasteiger partial charge in [-0.2, -0.15) is 5.10 Å². The minimum absolute atomic E-state index is 0.517. The van der Waals surface area contributed by atoms with E-state index in [1.165, 1.54) is 5.56 Å². The molecule has 0 amide bonds. The van der Waals surface area contributed by atoms with Gasteiger partial charge >= 0.3 is 0 Å². The third-order valence-electron chi connectivity index (χ3n) is 2.77. The Morgan fingerprint density at radius 2 is 2.06 bits per heavy atom. The predicted octanol–water partition coefficient (Wildman–Crippen LogP) is 2.03. The Hall–Kier alpha value is -1.84. The fourth-order valence-corrected chi connectivity index (χ4v) is 1.97. The maximum atomic E-state index is 5.67. The SMILES string of the molecule is CCc1c(C)nn(-c2cccc(N)n2)c1C. The van der Waals surface area contributed by atoms with Gasteiger partial charge in [0.05, 0.1) is 5.69 Å². The summed E-state index contributed by atoms with van der Waals surface area (Å²) in [5.74, 6) is 1.29. The van der Waals surface area contributed by atoms with Crippen LogP contribution < -0.4 is 5.73 Å². The topological polar surface area (TPSA) is 56.7 Å². The first-order valence-electron chi connectivity index (χ1n) is 5.41. The van der Waals surface area contributed by atoms with Crippen molar-refractivity contribution in [2.45, 2.75) is 27.2 Å². The fraction of sp³-hybridized carbons (Fsp3) is 0.333. The standard InChI is InChI=1S/C12H16N4/c1-4-10-8(2)15-16(9(10)3)12-7-5-6-11(13)14-12/h5-7H,4H2,1-3H3,(H2,13,14). The van der Waals surface area contributed by atoms with Gasteiger partial charge in [-0.05, 0) is 38.0 Å². The summed E-state index contributed by atoms with van der Waals surface area (Å²) in [5.41, 5.74) is 9.15. The average molecular weight is 216 g/mol. The zero-order valence-electron chi connectivity index (χ0n) is 9.86. The van der Waals surface area contributed by atoms with Gasteiger partial charge in [-0.15, -0.1) is 0 Å². The average Bonchev–Trinajstić information content (AvgIpc) is 2.54.